The number of benzene rings is 2. The van der Waals surface area contributed by atoms with Crippen LogP contribution in [0.5, 0.6) is 0 Å². The van der Waals surface area contributed by atoms with Crippen LogP contribution in [0.1, 0.15) is 11.1 Å². The Labute approximate surface area is 145 Å². The van der Waals surface area contributed by atoms with Crippen molar-refractivity contribution in [3.63, 3.8) is 0 Å². The van der Waals surface area contributed by atoms with E-state index in [9.17, 15) is 15.8 Å². The van der Waals surface area contributed by atoms with Crippen LogP contribution in [0.3, 0.4) is 0 Å². The third-order valence-corrected chi connectivity index (χ3v) is 4.83. The first-order valence-electron chi connectivity index (χ1n) is 7.37. The van der Waals surface area contributed by atoms with Gasteiger partial charge in [0.15, 0.2) is 5.41 Å². The molecule has 3 nitrogen and oxygen atoms in total. The molecule has 2 aromatic carbocycles. The van der Waals surface area contributed by atoms with Gasteiger partial charge >= 0.3 is 0 Å². The van der Waals surface area contributed by atoms with Gasteiger partial charge in [0.05, 0.1) is 18.2 Å². The summed E-state index contributed by atoms with van der Waals surface area (Å²) in [7, 11) is 0. The molecule has 0 N–H and O–H groups in total. The van der Waals surface area contributed by atoms with Crippen LogP contribution in [0.2, 0.25) is 5.02 Å². The van der Waals surface area contributed by atoms with Crippen LogP contribution in [0.15, 0.2) is 60.7 Å². The molecule has 0 unspecified atom stereocenters. The first kappa shape index (κ1) is 15.8. The van der Waals surface area contributed by atoms with Gasteiger partial charge in [-0.1, -0.05) is 66.2 Å². The van der Waals surface area contributed by atoms with E-state index in [1.165, 1.54) is 0 Å². The predicted molar refractivity (Wildman–Crippen MR) is 91.4 cm³/mol. The summed E-state index contributed by atoms with van der Waals surface area (Å²) in [5, 5.41) is 29.6. The third kappa shape index (κ3) is 2.10. The fourth-order valence-electron chi connectivity index (χ4n) is 3.25. The lowest BCUT2D eigenvalue weighted by Gasteiger charge is -2.09. The van der Waals surface area contributed by atoms with Gasteiger partial charge in [0.25, 0.3) is 0 Å². The van der Waals surface area contributed by atoms with Gasteiger partial charge < -0.3 is 0 Å². The quantitative estimate of drug-likeness (QED) is 0.833. The number of allylic oxidation sites excluding steroid dienone is 1. The van der Waals surface area contributed by atoms with Crippen LogP contribution in [0.4, 0.5) is 0 Å². The summed E-state index contributed by atoms with van der Waals surface area (Å²) in [6.45, 7) is 0. The second-order valence-corrected chi connectivity index (χ2v) is 6.14. The number of hydrogen-bond donors (Lipinski definition) is 0. The average Bonchev–Trinajstić information content (AvgIpc) is 3.23. The topological polar surface area (TPSA) is 71.4 Å². The van der Waals surface area contributed by atoms with Crippen LogP contribution in [0, 0.1) is 45.3 Å². The summed E-state index contributed by atoms with van der Waals surface area (Å²) in [6.07, 6.45) is 3.64. The van der Waals surface area contributed by atoms with E-state index < -0.39 is 16.7 Å². The van der Waals surface area contributed by atoms with Gasteiger partial charge in [-0.15, -0.1) is 0 Å². The Balaban J connectivity index is 2.06. The molecule has 0 aromatic heterocycles. The maximum absolute atomic E-state index is 9.83. The summed E-state index contributed by atoms with van der Waals surface area (Å²) in [5.41, 5.74) is -0.968. The lowest BCUT2D eigenvalue weighted by Crippen LogP contribution is -2.14. The fourth-order valence-corrected chi connectivity index (χ4v) is 3.37. The van der Waals surface area contributed by atoms with Gasteiger partial charge in [0.2, 0.25) is 0 Å². The minimum atomic E-state index is -1.39. The van der Waals surface area contributed by atoms with E-state index in [2.05, 4.69) is 18.2 Å². The zero-order valence-corrected chi connectivity index (χ0v) is 13.4. The van der Waals surface area contributed by atoms with Gasteiger partial charge in [-0.3, -0.25) is 0 Å². The summed E-state index contributed by atoms with van der Waals surface area (Å²) in [6, 6.07) is 22.7. The first-order chi connectivity index (χ1) is 11.6. The Kier molecular flexibility index (Phi) is 3.86. The molecule has 1 fully saturated rings. The number of nitriles is 3. The molecule has 0 heterocycles. The Bertz CT molecular complexity index is 897. The van der Waals surface area contributed by atoms with Crippen molar-refractivity contribution in [1.29, 1.82) is 15.8 Å². The highest BCUT2D eigenvalue weighted by Crippen LogP contribution is 2.69. The molecule has 0 saturated heterocycles. The van der Waals surface area contributed by atoms with Gasteiger partial charge in [-0.05, 0) is 23.3 Å². The molecule has 2 aromatic rings. The van der Waals surface area contributed by atoms with Crippen LogP contribution in [-0.4, -0.2) is 0 Å². The minimum absolute atomic E-state index is 0.494. The van der Waals surface area contributed by atoms with E-state index in [0.29, 0.717) is 10.6 Å². The standard InChI is InChI=1S/C20H12ClN3/c21-17-9-7-16(8-10-17)20(14-24)18(19(20,12-22)13-23)11-6-15-4-2-1-3-5-15/h1-11,18H/b11-6+/t18-,20+/m0/s1. The van der Waals surface area contributed by atoms with E-state index in [0.717, 1.165) is 5.56 Å². The van der Waals surface area contributed by atoms with Crippen molar-refractivity contribution < 1.29 is 0 Å². The molecular formula is C20H12ClN3. The predicted octanol–water partition coefficient (Wildman–Crippen LogP) is 4.48. The summed E-state index contributed by atoms with van der Waals surface area (Å²) >= 11 is 5.91. The molecule has 1 aliphatic carbocycles. The van der Waals surface area contributed by atoms with Gasteiger partial charge in [0.1, 0.15) is 5.41 Å². The average molecular weight is 330 g/mol. The van der Waals surface area contributed by atoms with Crippen LogP contribution in [-0.2, 0) is 5.41 Å². The Morgan fingerprint density at radius 1 is 0.875 bits per heavy atom. The third-order valence-electron chi connectivity index (χ3n) is 4.58. The normalized spacial score (nSPS) is 23.8. The number of halogens is 1. The van der Waals surface area contributed by atoms with Crippen LogP contribution in [0.25, 0.3) is 6.08 Å². The molecule has 2 atom stereocenters. The molecule has 0 spiro atoms. The summed E-state index contributed by atoms with van der Waals surface area (Å²) in [5.74, 6) is -0.494. The highest BCUT2D eigenvalue weighted by atomic mass is 35.5. The van der Waals surface area contributed by atoms with Crippen molar-refractivity contribution in [1.82, 2.24) is 0 Å². The second-order valence-electron chi connectivity index (χ2n) is 5.71. The lowest BCUT2D eigenvalue weighted by atomic mass is 9.88. The minimum Gasteiger partial charge on any atom is -0.197 e. The summed E-state index contributed by atoms with van der Waals surface area (Å²) in [4.78, 5) is 0. The largest absolute Gasteiger partial charge is 0.197 e. The van der Waals surface area contributed by atoms with Crippen LogP contribution < -0.4 is 0 Å². The van der Waals surface area contributed by atoms with E-state index in [-0.39, 0.29) is 0 Å². The smallest absolute Gasteiger partial charge is 0.175 e. The first-order valence-corrected chi connectivity index (χ1v) is 7.75. The molecule has 1 saturated carbocycles. The second kappa shape index (κ2) is 5.86. The molecule has 24 heavy (non-hydrogen) atoms. The molecule has 0 radical (unpaired) electrons. The van der Waals surface area contributed by atoms with Gasteiger partial charge in [-0.25, -0.2) is 0 Å². The molecule has 0 aliphatic heterocycles. The zero-order valence-electron chi connectivity index (χ0n) is 12.6. The van der Waals surface area contributed by atoms with E-state index in [1.807, 2.05) is 36.4 Å². The zero-order chi connectivity index (χ0) is 17.2. The van der Waals surface area contributed by atoms with Gasteiger partial charge in [0, 0.05) is 10.9 Å². The Morgan fingerprint density at radius 2 is 1.50 bits per heavy atom. The maximum Gasteiger partial charge on any atom is 0.175 e. The maximum atomic E-state index is 9.83. The van der Waals surface area contributed by atoms with E-state index >= 15 is 0 Å². The Hall–Kier alpha value is -3.06. The van der Waals surface area contributed by atoms with Crippen molar-refractivity contribution in [2.75, 3.05) is 0 Å². The van der Waals surface area contributed by atoms with E-state index in [4.69, 9.17) is 11.6 Å². The van der Waals surface area contributed by atoms with E-state index in [1.54, 1.807) is 30.3 Å². The molecular weight excluding hydrogens is 318 g/mol. The van der Waals surface area contributed by atoms with Crippen molar-refractivity contribution in [2.24, 2.45) is 11.3 Å². The van der Waals surface area contributed by atoms with Crippen molar-refractivity contribution in [2.45, 2.75) is 5.41 Å². The molecule has 4 heteroatoms. The highest BCUT2D eigenvalue weighted by Gasteiger charge is 2.79. The number of nitrogens with zero attached hydrogens (tertiary/aromatic N) is 3. The monoisotopic (exact) mass is 329 g/mol. The highest BCUT2D eigenvalue weighted by molar-refractivity contribution is 6.30. The van der Waals surface area contributed by atoms with Gasteiger partial charge in [-0.2, -0.15) is 15.8 Å². The molecule has 0 amide bonds. The fraction of sp³-hybridized carbons (Fsp3) is 0.150. The molecule has 1 aliphatic rings. The molecule has 0 bridgehead atoms. The van der Waals surface area contributed by atoms with Crippen LogP contribution >= 0.6 is 11.6 Å². The number of hydrogen-bond acceptors (Lipinski definition) is 3. The van der Waals surface area contributed by atoms with Crippen molar-refractivity contribution >= 4 is 17.7 Å². The SMILES string of the molecule is N#CC1(C#N)[C@H](/C=C/c2ccccc2)[C@@]1(C#N)c1ccc(Cl)cc1. The summed E-state index contributed by atoms with van der Waals surface area (Å²) < 4.78 is 0. The van der Waals surface area contributed by atoms with Crippen molar-refractivity contribution in [3.05, 3.63) is 76.8 Å². The lowest BCUT2D eigenvalue weighted by molar-refractivity contribution is 0.742. The Morgan fingerprint density at radius 3 is 2.04 bits per heavy atom. The molecule has 114 valence electrons. The molecule has 3 rings (SSSR count). The number of rotatable bonds is 3. The van der Waals surface area contributed by atoms with Crippen molar-refractivity contribution in [3.8, 4) is 18.2 Å².